The summed E-state index contributed by atoms with van der Waals surface area (Å²) in [6.07, 6.45) is 1.89. The first-order valence-corrected chi connectivity index (χ1v) is 7.90. The highest BCUT2D eigenvalue weighted by Gasteiger charge is 2.23. The van der Waals surface area contributed by atoms with E-state index >= 15 is 0 Å². The van der Waals surface area contributed by atoms with Gasteiger partial charge in [0, 0.05) is 11.1 Å². The van der Waals surface area contributed by atoms with E-state index in [1.54, 1.807) is 30.3 Å². The highest BCUT2D eigenvalue weighted by atomic mass is 32.2. The second-order valence-electron chi connectivity index (χ2n) is 5.05. The third-order valence-electron chi connectivity index (χ3n) is 3.38. The summed E-state index contributed by atoms with van der Waals surface area (Å²) >= 11 is 1.17. The van der Waals surface area contributed by atoms with Crippen molar-refractivity contribution in [2.45, 2.75) is 13.0 Å². The molecule has 1 fully saturated rings. The standard InChI is InChI=1S/C18H14FNO2S/c19-14-7-3-1-6-13(14)11-22-16-8-4-2-5-12(16)9-17-15(21)10-18(20)23-17/h1-9,20H,10-11H2/b17-9+,20-18?. The highest BCUT2D eigenvalue weighted by molar-refractivity contribution is 8.18. The Morgan fingerprint density at radius 3 is 2.65 bits per heavy atom. The number of nitrogens with one attached hydrogen (secondary N) is 1. The molecule has 3 rings (SSSR count). The van der Waals surface area contributed by atoms with Gasteiger partial charge in [0.1, 0.15) is 18.2 Å². The first-order valence-electron chi connectivity index (χ1n) is 7.09. The predicted molar refractivity (Wildman–Crippen MR) is 90.1 cm³/mol. The molecule has 1 heterocycles. The highest BCUT2D eigenvalue weighted by Crippen LogP contribution is 2.33. The fourth-order valence-corrected chi connectivity index (χ4v) is 3.05. The number of carbonyl (C=O) groups excluding carboxylic acids is 1. The fourth-order valence-electron chi connectivity index (χ4n) is 2.21. The largest absolute Gasteiger partial charge is 0.488 e. The van der Waals surface area contributed by atoms with Crippen LogP contribution in [0.5, 0.6) is 5.75 Å². The molecular weight excluding hydrogens is 313 g/mol. The van der Waals surface area contributed by atoms with Gasteiger partial charge in [-0.15, -0.1) is 0 Å². The van der Waals surface area contributed by atoms with Crippen molar-refractivity contribution < 1.29 is 13.9 Å². The van der Waals surface area contributed by atoms with E-state index in [2.05, 4.69) is 0 Å². The van der Waals surface area contributed by atoms with Gasteiger partial charge in [0.25, 0.3) is 0 Å². The molecule has 0 atom stereocenters. The van der Waals surface area contributed by atoms with Crippen LogP contribution >= 0.6 is 11.8 Å². The van der Waals surface area contributed by atoms with Gasteiger partial charge < -0.3 is 4.74 Å². The van der Waals surface area contributed by atoms with Gasteiger partial charge in [-0.25, -0.2) is 4.39 Å². The van der Waals surface area contributed by atoms with E-state index in [0.29, 0.717) is 21.3 Å². The number of halogens is 1. The Bertz CT molecular complexity index is 801. The molecule has 1 aliphatic heterocycles. The van der Waals surface area contributed by atoms with Gasteiger partial charge in [0.15, 0.2) is 5.78 Å². The SMILES string of the molecule is N=C1CC(=O)/C(=C\c2ccccc2OCc2ccccc2F)S1. The summed E-state index contributed by atoms with van der Waals surface area (Å²) in [6, 6.07) is 13.7. The van der Waals surface area contributed by atoms with E-state index in [1.165, 1.54) is 17.8 Å². The van der Waals surface area contributed by atoms with Crippen molar-refractivity contribution in [1.82, 2.24) is 0 Å². The maximum Gasteiger partial charge on any atom is 0.176 e. The van der Waals surface area contributed by atoms with Crippen LogP contribution in [0, 0.1) is 11.2 Å². The number of Topliss-reactive ketones (excluding diaryl/α,β-unsaturated/α-hetero) is 1. The molecule has 0 spiro atoms. The fraction of sp³-hybridized carbons (Fsp3) is 0.111. The maximum atomic E-state index is 13.7. The quantitative estimate of drug-likeness (QED) is 0.845. The molecule has 1 N–H and O–H groups in total. The minimum atomic E-state index is -0.307. The lowest BCUT2D eigenvalue weighted by Crippen LogP contribution is -1.99. The minimum absolute atomic E-state index is 0.0519. The molecule has 0 unspecified atom stereocenters. The lowest BCUT2D eigenvalue weighted by Gasteiger charge is -2.10. The molecule has 0 aliphatic carbocycles. The summed E-state index contributed by atoms with van der Waals surface area (Å²) in [7, 11) is 0. The molecule has 116 valence electrons. The van der Waals surface area contributed by atoms with Crippen molar-refractivity contribution in [1.29, 1.82) is 5.41 Å². The first-order chi connectivity index (χ1) is 11.1. The number of ether oxygens (including phenoxy) is 1. The third kappa shape index (κ3) is 3.68. The number of hydrogen-bond donors (Lipinski definition) is 1. The third-order valence-corrected chi connectivity index (χ3v) is 4.33. The predicted octanol–water partition coefficient (Wildman–Crippen LogP) is 4.43. The van der Waals surface area contributed by atoms with Gasteiger partial charge in [0.2, 0.25) is 0 Å². The smallest absolute Gasteiger partial charge is 0.176 e. The monoisotopic (exact) mass is 327 g/mol. The number of allylic oxidation sites excluding steroid dienone is 1. The van der Waals surface area contributed by atoms with Gasteiger partial charge in [-0.1, -0.05) is 48.2 Å². The lowest BCUT2D eigenvalue weighted by atomic mass is 10.1. The number of hydrogen-bond acceptors (Lipinski definition) is 4. The van der Waals surface area contributed by atoms with Crippen molar-refractivity contribution in [2.24, 2.45) is 0 Å². The van der Waals surface area contributed by atoms with E-state index < -0.39 is 0 Å². The van der Waals surface area contributed by atoms with Gasteiger partial charge in [-0.05, 0) is 18.2 Å². The molecule has 0 bridgehead atoms. The summed E-state index contributed by atoms with van der Waals surface area (Å²) in [4.78, 5) is 12.3. The number of rotatable bonds is 4. The summed E-state index contributed by atoms with van der Waals surface area (Å²) in [5.41, 5.74) is 1.22. The molecule has 0 saturated carbocycles. The molecule has 1 saturated heterocycles. The van der Waals surface area contributed by atoms with Crippen LogP contribution in [0.15, 0.2) is 53.4 Å². The molecule has 0 amide bonds. The van der Waals surface area contributed by atoms with E-state index in [0.717, 1.165) is 5.56 Å². The number of para-hydroxylation sites is 1. The van der Waals surface area contributed by atoms with Gasteiger partial charge in [0.05, 0.1) is 16.4 Å². The van der Waals surface area contributed by atoms with E-state index in [9.17, 15) is 9.18 Å². The minimum Gasteiger partial charge on any atom is -0.488 e. The van der Waals surface area contributed by atoms with Gasteiger partial charge >= 0.3 is 0 Å². The number of benzene rings is 2. The zero-order valence-electron chi connectivity index (χ0n) is 12.2. The Hall–Kier alpha value is -2.40. The van der Waals surface area contributed by atoms with E-state index in [4.69, 9.17) is 10.1 Å². The Morgan fingerprint density at radius 2 is 1.91 bits per heavy atom. The Kier molecular flexibility index (Phi) is 4.57. The van der Waals surface area contributed by atoms with Gasteiger partial charge in [-0.2, -0.15) is 0 Å². The molecule has 2 aromatic rings. The first kappa shape index (κ1) is 15.5. The van der Waals surface area contributed by atoms with Gasteiger partial charge in [-0.3, -0.25) is 10.2 Å². The lowest BCUT2D eigenvalue weighted by molar-refractivity contribution is -0.113. The summed E-state index contributed by atoms with van der Waals surface area (Å²) in [6.45, 7) is 0.115. The number of ketones is 1. The molecule has 23 heavy (non-hydrogen) atoms. The zero-order chi connectivity index (χ0) is 16.2. The molecule has 3 nitrogen and oxygen atoms in total. The molecule has 0 aromatic heterocycles. The Balaban J connectivity index is 1.81. The van der Waals surface area contributed by atoms with Crippen LogP contribution in [0.1, 0.15) is 17.5 Å². The molecule has 1 aliphatic rings. The number of carbonyl (C=O) groups is 1. The normalized spacial score (nSPS) is 16.1. The summed E-state index contributed by atoms with van der Waals surface area (Å²) in [5.74, 6) is 0.220. The average molecular weight is 327 g/mol. The van der Waals surface area contributed by atoms with Crippen LogP contribution in [0.2, 0.25) is 0 Å². The van der Waals surface area contributed by atoms with Crippen LogP contribution in [-0.2, 0) is 11.4 Å². The van der Waals surface area contributed by atoms with Crippen molar-refractivity contribution in [3.05, 3.63) is 70.4 Å². The zero-order valence-corrected chi connectivity index (χ0v) is 13.0. The van der Waals surface area contributed by atoms with E-state index in [-0.39, 0.29) is 24.6 Å². The molecule has 0 radical (unpaired) electrons. The molecule has 2 aromatic carbocycles. The van der Waals surface area contributed by atoms with Crippen LogP contribution in [0.25, 0.3) is 6.08 Å². The summed E-state index contributed by atoms with van der Waals surface area (Å²) in [5, 5.41) is 7.93. The van der Waals surface area contributed by atoms with Crippen molar-refractivity contribution in [2.75, 3.05) is 0 Å². The molecular formula is C18H14FNO2S. The van der Waals surface area contributed by atoms with Crippen LogP contribution in [0.3, 0.4) is 0 Å². The second kappa shape index (κ2) is 6.79. The van der Waals surface area contributed by atoms with Crippen LogP contribution in [0.4, 0.5) is 4.39 Å². The molecule has 5 heteroatoms. The Labute approximate surface area is 137 Å². The topological polar surface area (TPSA) is 50.2 Å². The maximum absolute atomic E-state index is 13.7. The van der Waals surface area contributed by atoms with Crippen LogP contribution < -0.4 is 4.74 Å². The van der Waals surface area contributed by atoms with Crippen molar-refractivity contribution >= 4 is 28.7 Å². The van der Waals surface area contributed by atoms with E-state index in [1.807, 2.05) is 18.2 Å². The summed E-state index contributed by atoms with van der Waals surface area (Å²) < 4.78 is 19.4. The Morgan fingerprint density at radius 1 is 1.17 bits per heavy atom. The second-order valence-corrected chi connectivity index (χ2v) is 6.19. The van der Waals surface area contributed by atoms with Crippen molar-refractivity contribution in [3.8, 4) is 5.75 Å². The van der Waals surface area contributed by atoms with Crippen molar-refractivity contribution in [3.63, 3.8) is 0 Å². The number of thioether (sulfide) groups is 1. The average Bonchev–Trinajstić information content (AvgIpc) is 2.85. The van der Waals surface area contributed by atoms with Crippen LogP contribution in [-0.4, -0.2) is 10.8 Å².